The summed E-state index contributed by atoms with van der Waals surface area (Å²) in [5.74, 6) is -0.219. The molecule has 8 nitrogen and oxygen atoms in total. The maximum absolute atomic E-state index is 12.8. The summed E-state index contributed by atoms with van der Waals surface area (Å²) >= 11 is 0. The van der Waals surface area contributed by atoms with Gasteiger partial charge in [-0.2, -0.15) is 0 Å². The van der Waals surface area contributed by atoms with Crippen LogP contribution in [0.25, 0.3) is 0 Å². The molecule has 0 fully saturated rings. The van der Waals surface area contributed by atoms with Crippen molar-refractivity contribution in [2.24, 2.45) is 0 Å². The molecule has 0 aliphatic rings. The predicted octanol–water partition coefficient (Wildman–Crippen LogP) is 12.7. The van der Waals surface area contributed by atoms with Gasteiger partial charge < -0.3 is 28.8 Å². The van der Waals surface area contributed by atoms with Crippen LogP contribution in [0.3, 0.4) is 0 Å². The van der Waals surface area contributed by atoms with Crippen molar-refractivity contribution < 1.29 is 32.9 Å². The second-order valence-electron chi connectivity index (χ2n) is 16.7. The summed E-state index contributed by atoms with van der Waals surface area (Å²) in [7, 11) is 1.22. The Hall–Kier alpha value is -2.32. The summed E-state index contributed by atoms with van der Waals surface area (Å²) in [6.07, 6.45) is 56.6. The van der Waals surface area contributed by atoms with Crippen LogP contribution in [0.1, 0.15) is 174 Å². The minimum atomic E-state index is -4.60. The number of amides is 1. The number of phosphoric ester groups is 1. The van der Waals surface area contributed by atoms with E-state index in [4.69, 9.17) is 9.05 Å². The highest BCUT2D eigenvalue weighted by atomic mass is 31.2. The Kier molecular flexibility index (Phi) is 39.4. The van der Waals surface area contributed by atoms with Crippen molar-refractivity contribution in [3.63, 3.8) is 0 Å². The lowest BCUT2D eigenvalue weighted by Crippen LogP contribution is -2.45. The quantitative estimate of drug-likeness (QED) is 0.0275. The number of likely N-dealkylation sites (N-methyl/N-ethyl adjacent to an activating group) is 1. The summed E-state index contributed by atoms with van der Waals surface area (Å²) in [4.78, 5) is 25.3. The smallest absolute Gasteiger partial charge is 0.268 e. The van der Waals surface area contributed by atoms with E-state index in [0.29, 0.717) is 17.4 Å². The zero-order chi connectivity index (χ0) is 43.6. The molecule has 3 atom stereocenters. The molecule has 0 saturated heterocycles. The van der Waals surface area contributed by atoms with Crippen LogP contribution in [0, 0.1) is 0 Å². The van der Waals surface area contributed by atoms with E-state index in [1.165, 1.54) is 77.0 Å². The maximum Gasteiger partial charge on any atom is 0.268 e. The van der Waals surface area contributed by atoms with Gasteiger partial charge in [0.15, 0.2) is 0 Å². The highest BCUT2D eigenvalue weighted by Crippen LogP contribution is 2.38. The maximum atomic E-state index is 12.8. The number of nitrogens with one attached hydrogen (secondary N) is 1. The van der Waals surface area contributed by atoms with Crippen molar-refractivity contribution in [2.75, 3.05) is 40.9 Å². The molecule has 0 aromatic rings. The van der Waals surface area contributed by atoms with Crippen molar-refractivity contribution in [1.82, 2.24) is 5.32 Å². The molecule has 0 saturated carbocycles. The van der Waals surface area contributed by atoms with Crippen LogP contribution in [0.2, 0.25) is 0 Å². The summed E-state index contributed by atoms with van der Waals surface area (Å²) in [5, 5.41) is 13.7. The standard InChI is InChI=1S/C50H89N2O6P/c1-6-8-10-12-14-16-18-19-20-21-22-23-24-25-26-27-28-29-30-31-32-33-34-36-38-40-42-44-50(54)51-48(47-58-59(55,56)57-46-45-52(3,4)5)49(53)43-41-39-37-35-17-15-13-11-9-7-2/h8-11,14,16-17,19-20,22-23,35,41,43,48-49,53H,6-7,12-13,15,18,21,24-34,36-40,42,44-47H2,1-5H3,(H-,51,54,55,56)/b10-8-,11-9+,16-14-,20-19-,23-22-,35-17+,43-41+. The molecule has 0 aromatic heterocycles. The molecular weight excluding hydrogens is 756 g/mol. The molecule has 0 aromatic carbocycles. The van der Waals surface area contributed by atoms with Gasteiger partial charge in [0.25, 0.3) is 7.82 Å². The first-order valence-corrected chi connectivity index (χ1v) is 24.9. The summed E-state index contributed by atoms with van der Waals surface area (Å²) in [5.41, 5.74) is 0. The van der Waals surface area contributed by atoms with Crippen LogP contribution in [0.4, 0.5) is 0 Å². The lowest BCUT2D eigenvalue weighted by atomic mass is 10.0. The topological polar surface area (TPSA) is 108 Å². The molecule has 340 valence electrons. The zero-order valence-electron chi connectivity index (χ0n) is 38.4. The number of hydrogen-bond donors (Lipinski definition) is 2. The van der Waals surface area contributed by atoms with Crippen LogP contribution in [-0.4, -0.2) is 68.5 Å². The second kappa shape index (κ2) is 41.1. The first kappa shape index (κ1) is 56.7. The van der Waals surface area contributed by atoms with Gasteiger partial charge in [0, 0.05) is 6.42 Å². The largest absolute Gasteiger partial charge is 0.756 e. The molecule has 0 aliphatic heterocycles. The van der Waals surface area contributed by atoms with Gasteiger partial charge in [-0.3, -0.25) is 9.36 Å². The van der Waals surface area contributed by atoms with Gasteiger partial charge in [-0.25, -0.2) is 0 Å². The fraction of sp³-hybridized carbons (Fsp3) is 0.700. The number of allylic oxidation sites excluding steroid dienone is 13. The average Bonchev–Trinajstić information content (AvgIpc) is 3.19. The van der Waals surface area contributed by atoms with Crippen LogP contribution in [0.5, 0.6) is 0 Å². The summed E-state index contributed by atoms with van der Waals surface area (Å²) in [6.45, 7) is 4.36. The first-order valence-electron chi connectivity index (χ1n) is 23.4. The number of carbonyl (C=O) groups excluding carboxylic acids is 1. The Labute approximate surface area is 363 Å². The van der Waals surface area contributed by atoms with Crippen LogP contribution >= 0.6 is 7.82 Å². The number of nitrogens with zero attached hydrogens (tertiary/aromatic N) is 1. The molecule has 0 rings (SSSR count). The minimum Gasteiger partial charge on any atom is -0.756 e. The van der Waals surface area contributed by atoms with Crippen LogP contribution < -0.4 is 10.2 Å². The summed E-state index contributed by atoms with van der Waals surface area (Å²) < 4.78 is 23.1. The third kappa shape index (κ3) is 43.6. The molecule has 2 N–H and O–H groups in total. The number of carbonyl (C=O) groups is 1. The molecule has 0 radical (unpaired) electrons. The van der Waals surface area contributed by atoms with Gasteiger partial charge in [-0.15, -0.1) is 0 Å². The first-order chi connectivity index (χ1) is 28.5. The van der Waals surface area contributed by atoms with E-state index in [2.05, 4.69) is 92.1 Å². The zero-order valence-corrected chi connectivity index (χ0v) is 39.3. The van der Waals surface area contributed by atoms with E-state index in [1.807, 2.05) is 27.2 Å². The van der Waals surface area contributed by atoms with E-state index < -0.39 is 26.6 Å². The monoisotopic (exact) mass is 845 g/mol. The highest BCUT2D eigenvalue weighted by Gasteiger charge is 2.23. The van der Waals surface area contributed by atoms with E-state index >= 15 is 0 Å². The molecule has 3 unspecified atom stereocenters. The van der Waals surface area contributed by atoms with Crippen molar-refractivity contribution in [1.29, 1.82) is 0 Å². The van der Waals surface area contributed by atoms with Crippen molar-refractivity contribution in [3.8, 4) is 0 Å². The minimum absolute atomic E-state index is 0.0128. The van der Waals surface area contributed by atoms with Crippen molar-refractivity contribution in [2.45, 2.75) is 187 Å². The number of hydrogen-bond acceptors (Lipinski definition) is 6. The van der Waals surface area contributed by atoms with Gasteiger partial charge in [-0.05, 0) is 77.0 Å². The fourth-order valence-corrected chi connectivity index (χ4v) is 6.90. The Bertz CT molecular complexity index is 1230. The van der Waals surface area contributed by atoms with E-state index in [-0.39, 0.29) is 12.5 Å². The highest BCUT2D eigenvalue weighted by molar-refractivity contribution is 7.45. The Balaban J connectivity index is 4.18. The molecule has 59 heavy (non-hydrogen) atoms. The van der Waals surface area contributed by atoms with Gasteiger partial charge in [0.1, 0.15) is 13.2 Å². The number of aliphatic hydroxyl groups excluding tert-OH is 1. The van der Waals surface area contributed by atoms with Crippen molar-refractivity contribution in [3.05, 3.63) is 85.1 Å². The summed E-state index contributed by atoms with van der Waals surface area (Å²) in [6, 6.07) is -0.912. The van der Waals surface area contributed by atoms with Crippen LogP contribution in [-0.2, 0) is 18.4 Å². The Morgan fingerprint density at radius 1 is 0.593 bits per heavy atom. The number of phosphoric acid groups is 1. The number of unbranched alkanes of at least 4 members (excludes halogenated alkanes) is 16. The third-order valence-electron chi connectivity index (χ3n) is 9.83. The van der Waals surface area contributed by atoms with Gasteiger partial charge >= 0.3 is 0 Å². The van der Waals surface area contributed by atoms with E-state index in [1.54, 1.807) is 6.08 Å². The Morgan fingerprint density at radius 2 is 1.00 bits per heavy atom. The van der Waals surface area contributed by atoms with E-state index in [0.717, 1.165) is 77.0 Å². The molecule has 9 heteroatoms. The lowest BCUT2D eigenvalue weighted by Gasteiger charge is -2.29. The van der Waals surface area contributed by atoms with E-state index in [9.17, 15) is 19.4 Å². The van der Waals surface area contributed by atoms with Crippen LogP contribution in [0.15, 0.2) is 85.1 Å². The van der Waals surface area contributed by atoms with Gasteiger partial charge in [-0.1, -0.05) is 176 Å². The normalized spacial score (nSPS) is 15.0. The SMILES string of the molecule is CC/C=C\C/C=C\C/C=C\C/C=C\CCCCCCCCCCCCCCCCC(=O)NC(COP(=O)([O-])OCC[N+](C)(C)C)C(O)/C=C/CC/C=C/CC/C=C/CC. The predicted molar refractivity (Wildman–Crippen MR) is 251 cm³/mol. The average molecular weight is 845 g/mol. The molecule has 1 amide bonds. The van der Waals surface area contributed by atoms with Crippen molar-refractivity contribution >= 4 is 13.7 Å². The third-order valence-corrected chi connectivity index (χ3v) is 10.8. The molecular formula is C50H89N2O6P. The van der Waals surface area contributed by atoms with Gasteiger partial charge in [0.2, 0.25) is 5.91 Å². The number of quaternary nitrogens is 1. The molecule has 0 bridgehead atoms. The molecule has 0 spiro atoms. The number of aliphatic hydroxyl groups is 1. The fourth-order valence-electron chi connectivity index (χ4n) is 6.18. The lowest BCUT2D eigenvalue weighted by molar-refractivity contribution is -0.870. The molecule has 0 heterocycles. The molecule has 0 aliphatic carbocycles. The number of rotatable bonds is 41. The second-order valence-corrected chi connectivity index (χ2v) is 18.1. The van der Waals surface area contributed by atoms with Gasteiger partial charge in [0.05, 0.1) is 39.9 Å². The Morgan fingerprint density at radius 3 is 1.51 bits per heavy atom.